The highest BCUT2D eigenvalue weighted by atomic mass is 14.9. The van der Waals surface area contributed by atoms with Gasteiger partial charge in [0.1, 0.15) is 0 Å². The lowest BCUT2D eigenvalue weighted by molar-refractivity contribution is 0.587. The Labute approximate surface area is 406 Å². The summed E-state index contributed by atoms with van der Waals surface area (Å²) in [5, 5.41) is 16.7. The normalized spacial score (nSPS) is 17.5. The van der Waals surface area contributed by atoms with Gasteiger partial charge in [0.15, 0.2) is 5.69 Å². The molecule has 7 aliphatic carbocycles. The zero-order chi connectivity index (χ0) is 46.3. The van der Waals surface area contributed by atoms with Crippen LogP contribution in [-0.2, 0) is 36.5 Å². The molecule has 7 aliphatic rings. The van der Waals surface area contributed by atoms with Crippen molar-refractivity contribution in [3.63, 3.8) is 0 Å². The number of hydrogen-bond donors (Lipinski definition) is 0. The summed E-state index contributed by atoms with van der Waals surface area (Å²) in [6.07, 6.45) is 3.88. The third-order valence-electron chi connectivity index (χ3n) is 18.2. The summed E-state index contributed by atoms with van der Waals surface area (Å²) in [5.41, 5.74) is 32.1. The standard InChI is InChI=1S/C67H43N3/c1-66(2,3)37-29-34-25-27-45-57-46(28-26-35(30-37)53(34)57)60-62-51(31-36(33-68)54-55-40-17-5-7-19-42(40)56(63(54)62)43-20-8-6-18-41(43)55)70-52-32-50(69-4)64-58(61(52)59(45)65(60)70)44-21-11-14-24-49(44)67(64)47-22-12-9-15-38(47)39-16-10-13-23-48(39)67/h5-24,29-32,55-56H,25-28H2,1-3H3. The number of aryl methyl sites for hydroxylation is 4. The van der Waals surface area contributed by atoms with Crippen LogP contribution >= 0.6 is 0 Å². The molecule has 326 valence electrons. The van der Waals surface area contributed by atoms with Crippen LogP contribution in [0.3, 0.4) is 0 Å². The van der Waals surface area contributed by atoms with Crippen LogP contribution in [0.1, 0.15) is 122 Å². The Morgan fingerprint density at radius 2 is 1.06 bits per heavy atom. The van der Waals surface area contributed by atoms with Crippen molar-refractivity contribution in [2.24, 2.45) is 0 Å². The molecule has 0 aliphatic heterocycles. The molecular weight excluding hydrogens is 847 g/mol. The average molecular weight is 890 g/mol. The molecule has 18 rings (SSSR count). The Balaban J connectivity index is 1.12. The van der Waals surface area contributed by atoms with Gasteiger partial charge in [-0.2, -0.15) is 5.26 Å². The minimum atomic E-state index is -0.659. The molecule has 0 atom stereocenters. The molecule has 0 fully saturated rings. The molecule has 2 heterocycles. The molecule has 3 heteroatoms. The lowest BCUT2D eigenvalue weighted by Gasteiger charge is -2.43. The van der Waals surface area contributed by atoms with Crippen LogP contribution in [0.25, 0.3) is 76.3 Å². The van der Waals surface area contributed by atoms with E-state index in [-0.39, 0.29) is 17.3 Å². The zero-order valence-corrected chi connectivity index (χ0v) is 39.2. The van der Waals surface area contributed by atoms with E-state index >= 15 is 0 Å². The smallest absolute Gasteiger partial charge is 0.194 e. The maximum Gasteiger partial charge on any atom is 0.194 e. The first-order chi connectivity index (χ1) is 34.3. The topological polar surface area (TPSA) is 32.6 Å². The molecule has 0 N–H and O–H groups in total. The number of nitriles is 1. The summed E-state index contributed by atoms with van der Waals surface area (Å²) < 4.78 is 2.56. The minimum Gasteiger partial charge on any atom is -0.309 e. The molecule has 70 heavy (non-hydrogen) atoms. The van der Waals surface area contributed by atoms with E-state index in [2.05, 4.69) is 182 Å². The van der Waals surface area contributed by atoms with Crippen molar-refractivity contribution in [2.45, 2.75) is 69.1 Å². The van der Waals surface area contributed by atoms with Gasteiger partial charge < -0.3 is 4.40 Å². The van der Waals surface area contributed by atoms with Crippen LogP contribution in [0.4, 0.5) is 5.69 Å². The van der Waals surface area contributed by atoms with Gasteiger partial charge in [-0.25, -0.2) is 4.85 Å². The largest absolute Gasteiger partial charge is 0.309 e. The summed E-state index contributed by atoms with van der Waals surface area (Å²) in [7, 11) is 0. The molecule has 0 radical (unpaired) electrons. The molecule has 0 saturated heterocycles. The van der Waals surface area contributed by atoms with Gasteiger partial charge in [-0.15, -0.1) is 0 Å². The van der Waals surface area contributed by atoms with E-state index in [0.717, 1.165) is 47.8 Å². The molecule has 0 saturated carbocycles. The summed E-state index contributed by atoms with van der Waals surface area (Å²) in [6.45, 7) is 16.3. The molecular formula is C67H43N3. The number of nitrogens with zero attached hydrogens (tertiary/aromatic N) is 3. The zero-order valence-electron chi connectivity index (χ0n) is 39.2. The third-order valence-corrected chi connectivity index (χ3v) is 18.2. The van der Waals surface area contributed by atoms with Crippen molar-refractivity contribution in [3.8, 4) is 39.4 Å². The maximum absolute atomic E-state index is 11.5. The first-order valence-corrected chi connectivity index (χ1v) is 25.2. The van der Waals surface area contributed by atoms with Crippen LogP contribution in [0.2, 0.25) is 0 Å². The van der Waals surface area contributed by atoms with Gasteiger partial charge in [0.2, 0.25) is 0 Å². The van der Waals surface area contributed by atoms with E-state index in [1.165, 1.54) is 138 Å². The summed E-state index contributed by atoms with van der Waals surface area (Å²) in [4.78, 5) is 4.62. The second-order valence-electron chi connectivity index (χ2n) is 22.1. The van der Waals surface area contributed by atoms with Crippen LogP contribution in [0.15, 0.2) is 146 Å². The number of benzene rings is 9. The van der Waals surface area contributed by atoms with Crippen molar-refractivity contribution in [3.05, 3.63) is 246 Å². The SMILES string of the molecule is [C-]#[N+]c1cc2c(c3c1C1(c4ccccc4-c4ccccc41)c1ccccc1-3)c1c3c4c(c5c6c7c(c(C#N)cc6n2c15)C1c2ccccc2C7c2ccccc21)CCc1cc(C(C)(C)C)cc(c1-4)CC3. The van der Waals surface area contributed by atoms with Crippen molar-refractivity contribution in [1.29, 1.82) is 5.26 Å². The summed E-state index contributed by atoms with van der Waals surface area (Å²) in [5.74, 6) is -0.0415. The second-order valence-corrected chi connectivity index (χ2v) is 22.1. The van der Waals surface area contributed by atoms with Gasteiger partial charge in [-0.1, -0.05) is 154 Å². The monoisotopic (exact) mass is 889 g/mol. The number of hydrogen-bond acceptors (Lipinski definition) is 1. The Hall–Kier alpha value is -8.24. The molecule has 3 nitrogen and oxygen atoms in total. The first-order valence-electron chi connectivity index (χ1n) is 25.2. The predicted octanol–water partition coefficient (Wildman–Crippen LogP) is 15.8. The number of rotatable bonds is 0. The van der Waals surface area contributed by atoms with Crippen molar-refractivity contribution in [1.82, 2.24) is 4.40 Å². The van der Waals surface area contributed by atoms with E-state index in [4.69, 9.17) is 0 Å². The quantitative estimate of drug-likeness (QED) is 0.140. The molecule has 0 amide bonds. The highest BCUT2D eigenvalue weighted by Crippen LogP contribution is 2.68. The lowest BCUT2D eigenvalue weighted by atomic mass is 9.59. The summed E-state index contributed by atoms with van der Waals surface area (Å²) in [6, 6.07) is 57.5. The minimum absolute atomic E-state index is 0.0123. The summed E-state index contributed by atoms with van der Waals surface area (Å²) >= 11 is 0. The number of aromatic nitrogens is 1. The van der Waals surface area contributed by atoms with E-state index in [1.807, 2.05) is 0 Å². The Bertz CT molecular complexity index is 4330. The van der Waals surface area contributed by atoms with Gasteiger partial charge >= 0.3 is 0 Å². The molecule has 11 aromatic rings. The van der Waals surface area contributed by atoms with Gasteiger partial charge in [0.25, 0.3) is 0 Å². The van der Waals surface area contributed by atoms with Crippen LogP contribution < -0.4 is 0 Å². The Morgan fingerprint density at radius 3 is 1.61 bits per heavy atom. The first kappa shape index (κ1) is 37.7. The van der Waals surface area contributed by atoms with E-state index in [0.29, 0.717) is 5.69 Å². The fraction of sp³-hybridized carbons (Fsp3) is 0.164. The van der Waals surface area contributed by atoms with Gasteiger partial charge in [0.05, 0.1) is 34.7 Å². The van der Waals surface area contributed by atoms with Crippen molar-refractivity contribution in [2.75, 3.05) is 0 Å². The molecule has 2 aromatic heterocycles. The molecule has 9 aromatic carbocycles. The Kier molecular flexibility index (Phi) is 6.63. The maximum atomic E-state index is 11.5. The number of fused-ring (bicyclic) bond motifs is 19. The van der Waals surface area contributed by atoms with Gasteiger partial charge in [0, 0.05) is 38.9 Å². The molecule has 0 unspecified atom stereocenters. The van der Waals surface area contributed by atoms with E-state index < -0.39 is 5.41 Å². The van der Waals surface area contributed by atoms with Crippen molar-refractivity contribution >= 4 is 43.8 Å². The van der Waals surface area contributed by atoms with Gasteiger partial charge in [-0.3, -0.25) is 0 Å². The molecule has 1 spiro atoms. The Morgan fingerprint density at radius 1 is 0.557 bits per heavy atom. The van der Waals surface area contributed by atoms with Crippen LogP contribution in [-0.4, -0.2) is 4.40 Å². The lowest BCUT2D eigenvalue weighted by Crippen LogP contribution is -2.28. The average Bonchev–Trinajstić information content (AvgIpc) is 4.11. The van der Waals surface area contributed by atoms with E-state index in [9.17, 15) is 11.8 Å². The second kappa shape index (κ2) is 12.3. The highest BCUT2D eigenvalue weighted by molar-refractivity contribution is 6.32. The van der Waals surface area contributed by atoms with Crippen molar-refractivity contribution < 1.29 is 0 Å². The van der Waals surface area contributed by atoms with E-state index in [1.54, 1.807) is 0 Å². The van der Waals surface area contributed by atoms with Crippen LogP contribution in [0.5, 0.6) is 0 Å². The predicted molar refractivity (Wildman–Crippen MR) is 282 cm³/mol. The van der Waals surface area contributed by atoms with Crippen LogP contribution in [0, 0.1) is 17.9 Å². The fourth-order valence-electron chi connectivity index (χ4n) is 15.9. The third kappa shape index (κ3) is 4.01. The van der Waals surface area contributed by atoms with Gasteiger partial charge in [-0.05, 0) is 160 Å². The molecule has 2 bridgehead atoms. The highest BCUT2D eigenvalue weighted by Gasteiger charge is 2.54. The fourth-order valence-corrected chi connectivity index (χ4v) is 15.9.